The van der Waals surface area contributed by atoms with Gasteiger partial charge in [-0.2, -0.15) is 5.26 Å². The van der Waals surface area contributed by atoms with Crippen LogP contribution in [0.2, 0.25) is 0 Å². The van der Waals surface area contributed by atoms with Gasteiger partial charge in [-0.3, -0.25) is 13.9 Å². The van der Waals surface area contributed by atoms with Crippen molar-refractivity contribution in [3.05, 3.63) is 93.9 Å². The minimum Gasteiger partial charge on any atom is -0.397 e. The highest BCUT2D eigenvalue weighted by Crippen LogP contribution is 2.19. The number of aromatic nitrogens is 2. The molecule has 7 heteroatoms. The number of nitrogens with one attached hydrogen (secondary N) is 1. The van der Waals surface area contributed by atoms with Crippen molar-refractivity contribution in [2.75, 3.05) is 11.1 Å². The molecule has 0 aliphatic heterocycles. The number of amides is 1. The Morgan fingerprint density at radius 1 is 1.07 bits per heavy atom. The average Bonchev–Trinajstić information content (AvgIpc) is 3.00. The molecular formula is C23H19N5O2. The number of hydrogen-bond acceptors (Lipinski definition) is 4. The van der Waals surface area contributed by atoms with E-state index in [1.54, 1.807) is 70.8 Å². The molecule has 4 rings (SSSR count). The highest BCUT2D eigenvalue weighted by atomic mass is 16.2. The summed E-state index contributed by atoms with van der Waals surface area (Å²) in [5, 5.41) is 12.0. The highest BCUT2D eigenvalue weighted by Gasteiger charge is 2.13. The molecule has 3 N–H and O–H groups in total. The minimum atomic E-state index is -0.263. The molecule has 148 valence electrons. The van der Waals surface area contributed by atoms with Crippen molar-refractivity contribution in [3.63, 3.8) is 0 Å². The molecule has 0 saturated heterocycles. The number of nitriles is 1. The lowest BCUT2D eigenvalue weighted by Crippen LogP contribution is -2.22. The van der Waals surface area contributed by atoms with Crippen LogP contribution in [0.1, 0.15) is 21.5 Å². The first kappa shape index (κ1) is 19.0. The van der Waals surface area contributed by atoms with Crippen LogP contribution in [0, 0.1) is 11.3 Å². The summed E-state index contributed by atoms with van der Waals surface area (Å²) in [5.41, 5.74) is 10.1. The van der Waals surface area contributed by atoms with Crippen LogP contribution in [0.3, 0.4) is 0 Å². The largest absolute Gasteiger partial charge is 0.397 e. The Kier molecular flexibility index (Phi) is 4.82. The normalized spacial score (nSPS) is 10.7. The van der Waals surface area contributed by atoms with E-state index in [0.717, 1.165) is 11.1 Å². The Labute approximate surface area is 172 Å². The zero-order valence-electron chi connectivity index (χ0n) is 16.3. The lowest BCUT2D eigenvalue weighted by molar-refractivity contribution is 0.102. The van der Waals surface area contributed by atoms with Gasteiger partial charge in [-0.1, -0.05) is 24.3 Å². The molecule has 7 nitrogen and oxygen atoms in total. The van der Waals surface area contributed by atoms with Crippen molar-refractivity contribution in [2.24, 2.45) is 7.05 Å². The second-order valence-electron chi connectivity index (χ2n) is 6.98. The third-order valence-corrected chi connectivity index (χ3v) is 5.04. The maximum atomic E-state index is 12.7. The van der Waals surface area contributed by atoms with Crippen molar-refractivity contribution in [2.45, 2.75) is 6.54 Å². The summed E-state index contributed by atoms with van der Waals surface area (Å²) in [6.07, 6.45) is 0. The van der Waals surface area contributed by atoms with Gasteiger partial charge in [-0.05, 0) is 48.0 Å². The first-order valence-corrected chi connectivity index (χ1v) is 9.32. The summed E-state index contributed by atoms with van der Waals surface area (Å²) in [7, 11) is 1.70. The van der Waals surface area contributed by atoms with Crippen LogP contribution in [-0.2, 0) is 13.6 Å². The molecule has 3 aromatic carbocycles. The molecule has 30 heavy (non-hydrogen) atoms. The number of nitrogens with zero attached hydrogens (tertiary/aromatic N) is 3. The number of rotatable bonds is 4. The summed E-state index contributed by atoms with van der Waals surface area (Å²) in [6.45, 7) is 0.332. The molecule has 0 aliphatic rings. The van der Waals surface area contributed by atoms with Crippen LogP contribution >= 0.6 is 0 Å². The fourth-order valence-electron chi connectivity index (χ4n) is 3.38. The number of benzene rings is 3. The number of aryl methyl sites for hydroxylation is 1. The van der Waals surface area contributed by atoms with E-state index in [4.69, 9.17) is 11.0 Å². The average molecular weight is 397 g/mol. The van der Waals surface area contributed by atoms with Gasteiger partial charge in [0.15, 0.2) is 0 Å². The van der Waals surface area contributed by atoms with Gasteiger partial charge in [0, 0.05) is 12.6 Å². The van der Waals surface area contributed by atoms with Crippen LogP contribution in [-0.4, -0.2) is 15.0 Å². The molecule has 4 aromatic rings. The summed E-state index contributed by atoms with van der Waals surface area (Å²) >= 11 is 0. The predicted molar refractivity (Wildman–Crippen MR) is 116 cm³/mol. The molecule has 1 heterocycles. The number of carbonyl (C=O) groups is 1. The molecule has 0 bridgehead atoms. The number of imidazole rings is 1. The van der Waals surface area contributed by atoms with Gasteiger partial charge in [-0.25, -0.2) is 4.79 Å². The maximum Gasteiger partial charge on any atom is 0.329 e. The van der Waals surface area contributed by atoms with Gasteiger partial charge in [-0.15, -0.1) is 0 Å². The molecular weight excluding hydrogens is 378 g/mol. The SMILES string of the molecule is Cn1c(=O)n(Cc2ccc(C(=O)Nc3ccccc3N)cc2)c2cc(C#N)ccc21. The molecule has 1 aromatic heterocycles. The summed E-state index contributed by atoms with van der Waals surface area (Å²) in [6, 6.07) is 21.4. The third kappa shape index (κ3) is 3.42. The number of para-hydroxylation sites is 2. The predicted octanol–water partition coefficient (Wildman–Crippen LogP) is 3.09. The highest BCUT2D eigenvalue weighted by molar-refractivity contribution is 6.05. The second-order valence-corrected chi connectivity index (χ2v) is 6.98. The Balaban J connectivity index is 1.59. The molecule has 1 amide bonds. The van der Waals surface area contributed by atoms with Crippen molar-refractivity contribution in [3.8, 4) is 6.07 Å². The monoisotopic (exact) mass is 397 g/mol. The second kappa shape index (κ2) is 7.60. The minimum absolute atomic E-state index is 0.165. The number of fused-ring (bicyclic) bond motifs is 1. The number of anilines is 2. The van der Waals surface area contributed by atoms with Gasteiger partial charge in [0.1, 0.15) is 0 Å². The van der Waals surface area contributed by atoms with E-state index in [1.807, 2.05) is 12.1 Å². The lowest BCUT2D eigenvalue weighted by atomic mass is 10.1. The van der Waals surface area contributed by atoms with Crippen molar-refractivity contribution >= 4 is 28.3 Å². The molecule has 0 fully saturated rings. The fraction of sp³-hybridized carbons (Fsp3) is 0.0870. The Hall–Kier alpha value is -4.31. The standard InChI is InChI=1S/C23H19N5O2/c1-27-20-11-8-16(13-24)12-21(20)28(23(27)30)14-15-6-9-17(10-7-15)22(29)26-19-5-3-2-4-18(19)25/h2-12H,14,25H2,1H3,(H,26,29). The first-order chi connectivity index (χ1) is 14.5. The number of nitrogen functional groups attached to an aromatic ring is 1. The number of hydrogen-bond donors (Lipinski definition) is 2. The first-order valence-electron chi connectivity index (χ1n) is 9.32. The van der Waals surface area contributed by atoms with Crippen molar-refractivity contribution in [1.29, 1.82) is 5.26 Å². The van der Waals surface area contributed by atoms with Crippen molar-refractivity contribution < 1.29 is 4.79 Å². The van der Waals surface area contributed by atoms with Gasteiger partial charge >= 0.3 is 5.69 Å². The summed E-state index contributed by atoms with van der Waals surface area (Å²) < 4.78 is 3.18. The molecule has 0 unspecified atom stereocenters. The zero-order valence-corrected chi connectivity index (χ0v) is 16.3. The van der Waals surface area contributed by atoms with Crippen LogP contribution in [0.15, 0.2) is 71.5 Å². The van der Waals surface area contributed by atoms with Gasteiger partial charge in [0.2, 0.25) is 0 Å². The summed E-state index contributed by atoms with van der Waals surface area (Å²) in [4.78, 5) is 25.2. The van der Waals surface area contributed by atoms with Crippen LogP contribution in [0.5, 0.6) is 0 Å². The zero-order chi connectivity index (χ0) is 21.3. The molecule has 0 spiro atoms. The Morgan fingerprint density at radius 2 is 1.80 bits per heavy atom. The lowest BCUT2D eigenvalue weighted by Gasteiger charge is -2.09. The Morgan fingerprint density at radius 3 is 2.50 bits per heavy atom. The van der Waals surface area contributed by atoms with Crippen LogP contribution in [0.25, 0.3) is 11.0 Å². The fourth-order valence-corrected chi connectivity index (χ4v) is 3.38. The van der Waals surface area contributed by atoms with E-state index in [1.165, 1.54) is 0 Å². The molecule has 0 aliphatic carbocycles. The maximum absolute atomic E-state index is 12.7. The van der Waals surface area contributed by atoms with E-state index in [0.29, 0.717) is 34.6 Å². The number of carbonyl (C=O) groups excluding carboxylic acids is 1. The summed E-state index contributed by atoms with van der Waals surface area (Å²) in [5.74, 6) is -0.263. The third-order valence-electron chi connectivity index (χ3n) is 5.04. The number of nitrogens with two attached hydrogens (primary N) is 1. The Bertz CT molecular complexity index is 1360. The molecule has 0 radical (unpaired) electrons. The van der Waals surface area contributed by atoms with E-state index in [2.05, 4.69) is 11.4 Å². The van der Waals surface area contributed by atoms with Crippen LogP contribution in [0.4, 0.5) is 11.4 Å². The van der Waals surface area contributed by atoms with Crippen molar-refractivity contribution in [1.82, 2.24) is 9.13 Å². The van der Waals surface area contributed by atoms with E-state index < -0.39 is 0 Å². The van der Waals surface area contributed by atoms with Gasteiger partial charge < -0.3 is 11.1 Å². The topological polar surface area (TPSA) is 106 Å². The van der Waals surface area contributed by atoms with E-state index in [9.17, 15) is 9.59 Å². The van der Waals surface area contributed by atoms with Gasteiger partial charge in [0.05, 0.1) is 40.6 Å². The van der Waals surface area contributed by atoms with E-state index >= 15 is 0 Å². The van der Waals surface area contributed by atoms with Gasteiger partial charge in [0.25, 0.3) is 5.91 Å². The molecule has 0 saturated carbocycles. The van der Waals surface area contributed by atoms with E-state index in [-0.39, 0.29) is 11.6 Å². The quantitative estimate of drug-likeness (QED) is 0.516. The molecule has 0 atom stereocenters. The van der Waals surface area contributed by atoms with Crippen LogP contribution < -0.4 is 16.7 Å². The smallest absolute Gasteiger partial charge is 0.329 e.